The number of aryl methyl sites for hydroxylation is 1. The molecule has 1 N–H and O–H groups in total. The van der Waals surface area contributed by atoms with Gasteiger partial charge in [0.2, 0.25) is 0 Å². The first kappa shape index (κ1) is 18.6. The van der Waals surface area contributed by atoms with Gasteiger partial charge in [-0.25, -0.2) is 0 Å². The van der Waals surface area contributed by atoms with Crippen molar-refractivity contribution < 1.29 is 4.42 Å². The van der Waals surface area contributed by atoms with Crippen LogP contribution in [0.15, 0.2) is 10.5 Å². The van der Waals surface area contributed by atoms with E-state index in [0.717, 1.165) is 24.6 Å². The Hall–Kier alpha value is -0.450. The molecular formula is C17H32N2OS. The van der Waals surface area contributed by atoms with E-state index in [2.05, 4.69) is 64.2 Å². The highest BCUT2D eigenvalue weighted by molar-refractivity contribution is 7.98. The molecule has 0 spiro atoms. The van der Waals surface area contributed by atoms with E-state index in [4.69, 9.17) is 4.42 Å². The Labute approximate surface area is 134 Å². The SMILES string of the molecule is CCC(CSC)N(C)Cc1cc(C)c(CNC(C)(C)C)o1. The molecule has 122 valence electrons. The first-order chi connectivity index (χ1) is 9.76. The van der Waals surface area contributed by atoms with Gasteiger partial charge < -0.3 is 9.73 Å². The normalized spacial score (nSPS) is 13.9. The van der Waals surface area contributed by atoms with Gasteiger partial charge in [0.1, 0.15) is 11.5 Å². The van der Waals surface area contributed by atoms with Crippen molar-refractivity contribution in [3.8, 4) is 0 Å². The minimum Gasteiger partial charge on any atom is -0.463 e. The van der Waals surface area contributed by atoms with E-state index in [-0.39, 0.29) is 5.54 Å². The van der Waals surface area contributed by atoms with Crippen LogP contribution in [0.2, 0.25) is 0 Å². The predicted molar refractivity (Wildman–Crippen MR) is 94.0 cm³/mol. The van der Waals surface area contributed by atoms with E-state index in [1.54, 1.807) is 0 Å². The zero-order valence-corrected chi connectivity index (χ0v) is 15.6. The molecule has 0 aromatic carbocycles. The molecule has 1 aromatic heterocycles. The smallest absolute Gasteiger partial charge is 0.120 e. The number of thioether (sulfide) groups is 1. The number of nitrogens with one attached hydrogen (secondary N) is 1. The maximum absolute atomic E-state index is 6.04. The maximum atomic E-state index is 6.04. The Morgan fingerprint density at radius 3 is 2.57 bits per heavy atom. The summed E-state index contributed by atoms with van der Waals surface area (Å²) >= 11 is 1.91. The molecule has 0 aliphatic carbocycles. The van der Waals surface area contributed by atoms with E-state index < -0.39 is 0 Å². The molecule has 4 heteroatoms. The fourth-order valence-electron chi connectivity index (χ4n) is 2.31. The summed E-state index contributed by atoms with van der Waals surface area (Å²) in [4.78, 5) is 2.40. The summed E-state index contributed by atoms with van der Waals surface area (Å²) in [7, 11) is 2.19. The zero-order valence-electron chi connectivity index (χ0n) is 14.7. The quantitative estimate of drug-likeness (QED) is 0.784. The predicted octanol–water partition coefficient (Wildman–Crippen LogP) is 4.05. The number of hydrogen-bond donors (Lipinski definition) is 1. The van der Waals surface area contributed by atoms with Crippen LogP contribution < -0.4 is 5.32 Å². The second-order valence-corrected chi connectivity index (χ2v) is 7.77. The lowest BCUT2D eigenvalue weighted by atomic mass is 10.1. The number of furan rings is 1. The summed E-state index contributed by atoms with van der Waals surface area (Å²) in [6, 6.07) is 2.80. The molecule has 21 heavy (non-hydrogen) atoms. The molecule has 0 amide bonds. The van der Waals surface area contributed by atoms with E-state index in [1.165, 1.54) is 17.7 Å². The molecule has 0 aliphatic rings. The van der Waals surface area contributed by atoms with Crippen molar-refractivity contribution in [3.05, 3.63) is 23.2 Å². The van der Waals surface area contributed by atoms with Gasteiger partial charge in [-0.15, -0.1) is 0 Å². The second kappa shape index (κ2) is 8.25. The first-order valence-electron chi connectivity index (χ1n) is 7.79. The van der Waals surface area contributed by atoms with Crippen molar-refractivity contribution in [1.82, 2.24) is 10.2 Å². The van der Waals surface area contributed by atoms with Crippen molar-refractivity contribution in [1.29, 1.82) is 0 Å². The first-order valence-corrected chi connectivity index (χ1v) is 9.18. The summed E-state index contributed by atoms with van der Waals surface area (Å²) in [5, 5.41) is 3.49. The average molecular weight is 313 g/mol. The van der Waals surface area contributed by atoms with Crippen LogP contribution in [0.25, 0.3) is 0 Å². The lowest BCUT2D eigenvalue weighted by Crippen LogP contribution is -2.35. The number of nitrogens with zero attached hydrogens (tertiary/aromatic N) is 1. The van der Waals surface area contributed by atoms with Crippen LogP contribution in [-0.2, 0) is 13.1 Å². The Morgan fingerprint density at radius 1 is 1.38 bits per heavy atom. The topological polar surface area (TPSA) is 28.4 Å². The molecule has 0 radical (unpaired) electrons. The lowest BCUT2D eigenvalue weighted by Gasteiger charge is -2.25. The van der Waals surface area contributed by atoms with Crippen LogP contribution in [0.4, 0.5) is 0 Å². The van der Waals surface area contributed by atoms with Gasteiger partial charge in [-0.3, -0.25) is 4.90 Å². The van der Waals surface area contributed by atoms with Gasteiger partial charge in [-0.1, -0.05) is 6.92 Å². The third kappa shape index (κ3) is 6.45. The average Bonchev–Trinajstić information content (AvgIpc) is 2.72. The molecule has 0 bridgehead atoms. The van der Waals surface area contributed by atoms with Crippen LogP contribution in [0.1, 0.15) is 51.2 Å². The van der Waals surface area contributed by atoms with Crippen LogP contribution in [0.5, 0.6) is 0 Å². The van der Waals surface area contributed by atoms with Gasteiger partial charge in [0.25, 0.3) is 0 Å². The second-order valence-electron chi connectivity index (χ2n) is 6.85. The van der Waals surface area contributed by atoms with E-state index >= 15 is 0 Å². The van der Waals surface area contributed by atoms with Crippen molar-refractivity contribution in [2.75, 3.05) is 19.1 Å². The van der Waals surface area contributed by atoms with Crippen molar-refractivity contribution in [2.45, 2.75) is 65.7 Å². The summed E-state index contributed by atoms with van der Waals surface area (Å²) in [6.07, 6.45) is 3.35. The number of hydrogen-bond acceptors (Lipinski definition) is 4. The summed E-state index contributed by atoms with van der Waals surface area (Å²) in [6.45, 7) is 12.6. The molecular weight excluding hydrogens is 280 g/mol. The highest BCUT2D eigenvalue weighted by Gasteiger charge is 2.16. The van der Waals surface area contributed by atoms with E-state index in [0.29, 0.717) is 6.04 Å². The fraction of sp³-hybridized carbons (Fsp3) is 0.765. The third-order valence-corrected chi connectivity index (χ3v) is 4.43. The molecule has 1 heterocycles. The van der Waals surface area contributed by atoms with Gasteiger partial charge in [-0.2, -0.15) is 11.8 Å². The summed E-state index contributed by atoms with van der Waals surface area (Å²) in [5.74, 6) is 3.30. The van der Waals surface area contributed by atoms with Crippen molar-refractivity contribution in [3.63, 3.8) is 0 Å². The van der Waals surface area contributed by atoms with Gasteiger partial charge >= 0.3 is 0 Å². The Kier molecular flexibility index (Phi) is 7.31. The van der Waals surface area contributed by atoms with Gasteiger partial charge in [0, 0.05) is 17.3 Å². The largest absolute Gasteiger partial charge is 0.463 e. The molecule has 3 nitrogen and oxygen atoms in total. The van der Waals surface area contributed by atoms with Crippen LogP contribution in [0, 0.1) is 6.92 Å². The summed E-state index contributed by atoms with van der Waals surface area (Å²) < 4.78 is 6.04. The monoisotopic (exact) mass is 312 g/mol. The van der Waals surface area contributed by atoms with E-state index in [9.17, 15) is 0 Å². The Balaban J connectivity index is 2.64. The molecule has 0 fully saturated rings. The minimum absolute atomic E-state index is 0.113. The van der Waals surface area contributed by atoms with E-state index in [1.807, 2.05) is 11.8 Å². The number of rotatable bonds is 8. The van der Waals surface area contributed by atoms with Crippen LogP contribution in [-0.4, -0.2) is 35.5 Å². The van der Waals surface area contributed by atoms with Crippen LogP contribution >= 0.6 is 11.8 Å². The van der Waals surface area contributed by atoms with Gasteiger partial charge in [0.15, 0.2) is 0 Å². The summed E-state index contributed by atoms with van der Waals surface area (Å²) in [5.41, 5.74) is 1.36. The molecule has 1 aromatic rings. The highest BCUT2D eigenvalue weighted by Crippen LogP contribution is 2.19. The molecule has 1 rings (SSSR count). The minimum atomic E-state index is 0.113. The molecule has 0 aliphatic heterocycles. The van der Waals surface area contributed by atoms with Gasteiger partial charge in [0.05, 0.1) is 13.1 Å². The molecule has 1 atom stereocenters. The lowest BCUT2D eigenvalue weighted by molar-refractivity contribution is 0.225. The van der Waals surface area contributed by atoms with Crippen molar-refractivity contribution >= 4 is 11.8 Å². The third-order valence-electron chi connectivity index (χ3n) is 3.71. The molecule has 1 unspecified atom stereocenters. The Morgan fingerprint density at radius 2 is 2.05 bits per heavy atom. The van der Waals surface area contributed by atoms with Gasteiger partial charge in [-0.05, 0) is 59.0 Å². The Bertz CT molecular complexity index is 423. The highest BCUT2D eigenvalue weighted by atomic mass is 32.2. The zero-order chi connectivity index (χ0) is 16.0. The molecule has 0 saturated heterocycles. The molecule has 0 saturated carbocycles. The standard InChI is InChI=1S/C17H32N2OS/c1-8-14(12-21-7)19(6)11-15-9-13(2)16(20-15)10-18-17(3,4)5/h9,14,18H,8,10-12H2,1-7H3. The van der Waals surface area contributed by atoms with Crippen molar-refractivity contribution in [2.24, 2.45) is 0 Å². The van der Waals surface area contributed by atoms with Crippen LogP contribution in [0.3, 0.4) is 0 Å². The maximum Gasteiger partial charge on any atom is 0.120 e. The fourth-order valence-corrected chi connectivity index (χ4v) is 3.19.